The van der Waals surface area contributed by atoms with Crippen molar-refractivity contribution < 1.29 is 14.7 Å². The Balaban J connectivity index is 2.41. The highest BCUT2D eigenvalue weighted by molar-refractivity contribution is 8.00. The summed E-state index contributed by atoms with van der Waals surface area (Å²) in [6, 6.07) is -0.563. The summed E-state index contributed by atoms with van der Waals surface area (Å²) < 4.78 is 0. The highest BCUT2D eigenvalue weighted by Gasteiger charge is 2.51. The zero-order valence-corrected chi connectivity index (χ0v) is 9.53. The van der Waals surface area contributed by atoms with E-state index >= 15 is 0 Å². The van der Waals surface area contributed by atoms with Gasteiger partial charge in [-0.15, -0.1) is 11.8 Å². The second-order valence-corrected chi connectivity index (χ2v) is 4.72. The molecule has 3 N–H and O–H groups in total. The normalized spacial score (nSPS) is 29.4. The molecule has 1 saturated heterocycles. The Hall–Kier alpha value is -1.27. The van der Waals surface area contributed by atoms with Crippen molar-refractivity contribution in [2.75, 3.05) is 5.75 Å². The third-order valence-electron chi connectivity index (χ3n) is 2.61. The van der Waals surface area contributed by atoms with Crippen LogP contribution in [0.1, 0.15) is 6.92 Å². The Morgan fingerprint density at radius 1 is 1.69 bits per heavy atom. The third-order valence-corrected chi connectivity index (χ3v) is 3.93. The van der Waals surface area contributed by atoms with Gasteiger partial charge in [0.2, 0.25) is 5.91 Å². The second kappa shape index (κ2) is 3.95. The number of amides is 1. The molecule has 0 spiro atoms. The van der Waals surface area contributed by atoms with Gasteiger partial charge in [0.15, 0.2) is 0 Å². The first-order valence-electron chi connectivity index (χ1n) is 4.87. The molecule has 2 rings (SSSR count). The van der Waals surface area contributed by atoms with E-state index in [0.29, 0.717) is 11.3 Å². The molecule has 0 aromatic rings. The third kappa shape index (κ3) is 1.45. The maximum atomic E-state index is 11.5. The molecule has 0 radical (unpaired) electrons. The number of carboxylic acids is 1. The summed E-state index contributed by atoms with van der Waals surface area (Å²) in [6.07, 6.45) is 3.49. The average Bonchev–Trinajstić information content (AvgIpc) is 2.27. The Kier molecular flexibility index (Phi) is 2.77. The standard InChI is InChI=1S/C10H12N2O3S/c1-2-3-5-4-16-9-6(11)8(13)12(9)7(5)10(14)15/h2-3,6,9H,4,11H2,1H3,(H,14,15)/b3-2+/t6?,9-/m1/s1. The molecule has 0 aliphatic carbocycles. The molecule has 16 heavy (non-hydrogen) atoms. The molecule has 0 aromatic heterocycles. The van der Waals surface area contributed by atoms with Crippen molar-refractivity contribution >= 4 is 23.6 Å². The molecule has 0 aromatic carbocycles. The van der Waals surface area contributed by atoms with Crippen molar-refractivity contribution in [1.29, 1.82) is 0 Å². The zero-order valence-electron chi connectivity index (χ0n) is 8.71. The first-order valence-corrected chi connectivity index (χ1v) is 5.92. The van der Waals surface area contributed by atoms with Crippen molar-refractivity contribution in [2.45, 2.75) is 18.3 Å². The Morgan fingerprint density at radius 3 is 2.94 bits per heavy atom. The quantitative estimate of drug-likeness (QED) is 0.671. The molecule has 1 unspecified atom stereocenters. The van der Waals surface area contributed by atoms with Crippen LogP contribution in [0.2, 0.25) is 0 Å². The zero-order chi connectivity index (χ0) is 11.9. The Labute approximate surface area is 97.0 Å². The van der Waals surface area contributed by atoms with Crippen LogP contribution < -0.4 is 5.73 Å². The maximum Gasteiger partial charge on any atom is 0.352 e. The van der Waals surface area contributed by atoms with Gasteiger partial charge < -0.3 is 10.8 Å². The smallest absolute Gasteiger partial charge is 0.352 e. The summed E-state index contributed by atoms with van der Waals surface area (Å²) in [7, 11) is 0. The SMILES string of the molecule is C/C=C/C1=C(C(=O)O)N2C(=O)C(N)[C@H]2SC1. The number of hydrogen-bond donors (Lipinski definition) is 2. The molecule has 0 saturated carbocycles. The summed E-state index contributed by atoms with van der Waals surface area (Å²) in [4.78, 5) is 24.0. The van der Waals surface area contributed by atoms with E-state index in [0.717, 1.165) is 0 Å². The summed E-state index contributed by atoms with van der Waals surface area (Å²) in [5, 5.41) is 8.91. The van der Waals surface area contributed by atoms with Crippen molar-refractivity contribution in [3.63, 3.8) is 0 Å². The lowest BCUT2D eigenvalue weighted by atomic mass is 10.0. The van der Waals surface area contributed by atoms with E-state index in [1.165, 1.54) is 16.7 Å². The largest absolute Gasteiger partial charge is 0.477 e. The molecule has 0 bridgehead atoms. The number of rotatable bonds is 2. The fourth-order valence-corrected chi connectivity index (χ4v) is 3.13. The monoisotopic (exact) mass is 240 g/mol. The number of carbonyl (C=O) groups is 2. The molecule has 2 heterocycles. The second-order valence-electron chi connectivity index (χ2n) is 3.61. The van der Waals surface area contributed by atoms with E-state index in [2.05, 4.69) is 0 Å². The van der Waals surface area contributed by atoms with Crippen LogP contribution in [0.4, 0.5) is 0 Å². The molecular weight excluding hydrogens is 228 g/mol. The first kappa shape index (κ1) is 11.2. The first-order chi connectivity index (χ1) is 7.57. The fourth-order valence-electron chi connectivity index (χ4n) is 1.87. The minimum atomic E-state index is -1.07. The predicted molar refractivity (Wildman–Crippen MR) is 60.5 cm³/mol. The number of hydrogen-bond acceptors (Lipinski definition) is 4. The van der Waals surface area contributed by atoms with Gasteiger partial charge in [0, 0.05) is 5.75 Å². The molecule has 2 aliphatic heterocycles. The lowest BCUT2D eigenvalue weighted by Crippen LogP contribution is -2.68. The molecular formula is C10H12N2O3S. The number of fused-ring (bicyclic) bond motifs is 1. The van der Waals surface area contributed by atoms with E-state index in [1.807, 2.05) is 6.92 Å². The molecule has 2 aliphatic rings. The number of carbonyl (C=O) groups excluding carboxylic acids is 1. The number of thioether (sulfide) groups is 1. The Morgan fingerprint density at radius 2 is 2.38 bits per heavy atom. The topological polar surface area (TPSA) is 83.6 Å². The van der Waals surface area contributed by atoms with E-state index < -0.39 is 12.0 Å². The number of aliphatic carboxylic acids is 1. The molecule has 6 heteroatoms. The van der Waals surface area contributed by atoms with E-state index in [1.54, 1.807) is 12.2 Å². The lowest BCUT2D eigenvalue weighted by molar-refractivity contribution is -0.147. The van der Waals surface area contributed by atoms with Crippen LogP contribution in [0.5, 0.6) is 0 Å². The van der Waals surface area contributed by atoms with Crippen LogP contribution in [-0.2, 0) is 9.59 Å². The Bertz CT molecular complexity index is 416. The molecule has 5 nitrogen and oxygen atoms in total. The van der Waals surface area contributed by atoms with Gasteiger partial charge in [0.25, 0.3) is 0 Å². The van der Waals surface area contributed by atoms with Crippen molar-refractivity contribution in [1.82, 2.24) is 4.90 Å². The number of β-lactam (4-membered cyclic amide) rings is 1. The molecule has 2 atom stereocenters. The van der Waals surface area contributed by atoms with Gasteiger partial charge in [-0.25, -0.2) is 4.79 Å². The summed E-state index contributed by atoms with van der Waals surface area (Å²) in [5.74, 6) is -0.802. The van der Waals surface area contributed by atoms with Gasteiger partial charge in [0.1, 0.15) is 17.1 Å². The number of allylic oxidation sites excluding steroid dienone is 2. The fraction of sp³-hybridized carbons (Fsp3) is 0.400. The van der Waals surface area contributed by atoms with Crippen LogP contribution in [0.25, 0.3) is 0 Å². The number of carboxylic acid groups (broad SMARTS) is 1. The van der Waals surface area contributed by atoms with Crippen LogP contribution in [-0.4, -0.2) is 39.1 Å². The van der Waals surface area contributed by atoms with Crippen molar-refractivity contribution in [2.24, 2.45) is 5.73 Å². The maximum absolute atomic E-state index is 11.5. The van der Waals surface area contributed by atoms with Gasteiger partial charge in [0.05, 0.1) is 0 Å². The van der Waals surface area contributed by atoms with Crippen LogP contribution in [0, 0.1) is 0 Å². The molecule has 86 valence electrons. The van der Waals surface area contributed by atoms with Gasteiger partial charge in [-0.05, 0) is 12.5 Å². The number of nitrogens with zero attached hydrogens (tertiary/aromatic N) is 1. The molecule has 1 amide bonds. The summed E-state index contributed by atoms with van der Waals surface area (Å²) in [5.41, 5.74) is 6.35. The molecule has 1 fully saturated rings. The lowest BCUT2D eigenvalue weighted by Gasteiger charge is -2.47. The predicted octanol–water partition coefficient (Wildman–Crippen LogP) is 0.144. The average molecular weight is 240 g/mol. The van der Waals surface area contributed by atoms with Crippen molar-refractivity contribution in [3.8, 4) is 0 Å². The van der Waals surface area contributed by atoms with Crippen LogP contribution in [0.3, 0.4) is 0 Å². The van der Waals surface area contributed by atoms with Crippen LogP contribution in [0.15, 0.2) is 23.4 Å². The van der Waals surface area contributed by atoms with Crippen LogP contribution >= 0.6 is 11.8 Å². The van der Waals surface area contributed by atoms with Crippen molar-refractivity contribution in [3.05, 3.63) is 23.4 Å². The van der Waals surface area contributed by atoms with Gasteiger partial charge in [-0.1, -0.05) is 12.2 Å². The van der Waals surface area contributed by atoms with E-state index in [-0.39, 0.29) is 17.0 Å². The highest BCUT2D eigenvalue weighted by Crippen LogP contribution is 2.39. The van der Waals surface area contributed by atoms with Gasteiger partial charge in [-0.3, -0.25) is 9.69 Å². The minimum absolute atomic E-state index is 0.0774. The van der Waals surface area contributed by atoms with Gasteiger partial charge >= 0.3 is 5.97 Å². The number of nitrogens with two attached hydrogens (primary N) is 1. The van der Waals surface area contributed by atoms with Gasteiger partial charge in [-0.2, -0.15) is 0 Å². The minimum Gasteiger partial charge on any atom is -0.477 e. The highest BCUT2D eigenvalue weighted by atomic mass is 32.2. The van der Waals surface area contributed by atoms with E-state index in [9.17, 15) is 9.59 Å². The van der Waals surface area contributed by atoms with E-state index in [4.69, 9.17) is 10.8 Å². The summed E-state index contributed by atoms with van der Waals surface area (Å²) in [6.45, 7) is 1.81. The summed E-state index contributed by atoms with van der Waals surface area (Å²) >= 11 is 1.50.